The van der Waals surface area contributed by atoms with Crippen LogP contribution in [0.15, 0.2) is 30.3 Å². The van der Waals surface area contributed by atoms with Crippen molar-refractivity contribution < 1.29 is 18.7 Å². The molecule has 4 heteroatoms. The van der Waals surface area contributed by atoms with Crippen LogP contribution in [-0.4, -0.2) is 19.5 Å². The number of fused-ring (bicyclic) bond motifs is 1. The molecule has 2 aromatic rings. The van der Waals surface area contributed by atoms with Gasteiger partial charge in [-0.25, -0.2) is 4.39 Å². The molecule has 0 fully saturated rings. The molecule has 0 aliphatic carbocycles. The van der Waals surface area contributed by atoms with Crippen molar-refractivity contribution in [3.8, 4) is 22.6 Å². The maximum Gasteiger partial charge on any atom is 0.169 e. The first-order chi connectivity index (χ1) is 10.6. The number of halogens is 1. The molecule has 0 spiro atoms. The normalized spacial score (nSPS) is 13.3. The first-order valence-electron chi connectivity index (χ1n) is 7.29. The van der Waals surface area contributed by atoms with Crippen LogP contribution >= 0.6 is 0 Å². The van der Waals surface area contributed by atoms with Crippen molar-refractivity contribution in [2.45, 2.75) is 19.8 Å². The Hall–Kier alpha value is -2.36. The Morgan fingerprint density at radius 3 is 2.45 bits per heavy atom. The fourth-order valence-corrected chi connectivity index (χ4v) is 2.73. The Bertz CT molecular complexity index is 705. The smallest absolute Gasteiger partial charge is 0.169 e. The second-order valence-corrected chi connectivity index (χ2v) is 5.56. The van der Waals surface area contributed by atoms with Crippen molar-refractivity contribution in [2.24, 2.45) is 0 Å². The summed E-state index contributed by atoms with van der Waals surface area (Å²) >= 11 is 0. The van der Waals surface area contributed by atoms with Crippen LogP contribution in [0, 0.1) is 5.82 Å². The number of hydrogen-bond acceptors (Lipinski definition) is 3. The van der Waals surface area contributed by atoms with Gasteiger partial charge < -0.3 is 9.47 Å². The third kappa shape index (κ3) is 2.45. The minimum Gasteiger partial charge on any atom is -0.486 e. The lowest BCUT2D eigenvalue weighted by Gasteiger charge is -2.25. The summed E-state index contributed by atoms with van der Waals surface area (Å²) in [5.41, 5.74) is 2.90. The van der Waals surface area contributed by atoms with Crippen LogP contribution < -0.4 is 9.47 Å². The van der Waals surface area contributed by atoms with E-state index in [1.807, 2.05) is 19.9 Å². The molecular weight excluding hydrogens is 283 g/mol. The van der Waals surface area contributed by atoms with Crippen LogP contribution in [0.25, 0.3) is 11.1 Å². The number of ether oxygens (including phenoxy) is 2. The van der Waals surface area contributed by atoms with E-state index < -0.39 is 0 Å². The van der Waals surface area contributed by atoms with E-state index in [1.165, 1.54) is 12.1 Å². The van der Waals surface area contributed by atoms with E-state index in [2.05, 4.69) is 0 Å². The topological polar surface area (TPSA) is 35.5 Å². The number of carbonyl (C=O) groups excluding carboxylic acids is 1. The Morgan fingerprint density at radius 2 is 1.82 bits per heavy atom. The average Bonchev–Trinajstić information content (AvgIpc) is 2.53. The van der Waals surface area contributed by atoms with Crippen LogP contribution in [0.4, 0.5) is 4.39 Å². The van der Waals surface area contributed by atoms with Gasteiger partial charge in [-0.1, -0.05) is 26.0 Å². The highest BCUT2D eigenvalue weighted by atomic mass is 19.1. The van der Waals surface area contributed by atoms with Crippen LogP contribution in [0.5, 0.6) is 11.5 Å². The average molecular weight is 300 g/mol. The second-order valence-electron chi connectivity index (χ2n) is 5.56. The molecule has 3 rings (SSSR count). The fraction of sp³-hybridized carbons (Fsp3) is 0.278. The van der Waals surface area contributed by atoms with Gasteiger partial charge in [-0.3, -0.25) is 4.79 Å². The van der Waals surface area contributed by atoms with Crippen molar-refractivity contribution in [1.82, 2.24) is 0 Å². The lowest BCUT2D eigenvalue weighted by atomic mass is 9.89. The molecule has 0 bridgehead atoms. The molecule has 2 aromatic carbocycles. The van der Waals surface area contributed by atoms with Crippen molar-refractivity contribution >= 4 is 6.29 Å². The summed E-state index contributed by atoms with van der Waals surface area (Å²) in [6.45, 7) is 4.95. The molecule has 0 aromatic heterocycles. The molecule has 0 unspecified atom stereocenters. The zero-order chi connectivity index (χ0) is 15.7. The van der Waals surface area contributed by atoms with Gasteiger partial charge in [0.25, 0.3) is 0 Å². The maximum atomic E-state index is 13.2. The van der Waals surface area contributed by atoms with Gasteiger partial charge in [0.2, 0.25) is 0 Å². The van der Waals surface area contributed by atoms with Crippen LogP contribution in [0.3, 0.4) is 0 Å². The standard InChI is InChI=1S/C18H17FO3/c1-11(2)14-9-16-18(22-8-7-21-16)17(15(14)10-20)12-3-5-13(19)6-4-12/h3-6,9-11H,7-8H2,1-2H3. The predicted octanol–water partition coefficient (Wildman–Crippen LogP) is 4.20. The summed E-state index contributed by atoms with van der Waals surface area (Å²) < 4.78 is 24.6. The highest BCUT2D eigenvalue weighted by Crippen LogP contribution is 2.45. The minimum absolute atomic E-state index is 0.162. The molecule has 1 aliphatic rings. The van der Waals surface area contributed by atoms with Crippen molar-refractivity contribution in [3.63, 3.8) is 0 Å². The van der Waals surface area contributed by atoms with E-state index >= 15 is 0 Å². The molecule has 0 N–H and O–H groups in total. The van der Waals surface area contributed by atoms with Gasteiger partial charge in [0, 0.05) is 11.1 Å². The van der Waals surface area contributed by atoms with E-state index in [9.17, 15) is 9.18 Å². The van der Waals surface area contributed by atoms with Gasteiger partial charge in [-0.05, 0) is 35.2 Å². The SMILES string of the molecule is CC(C)c1cc2c(c(-c3ccc(F)cc3)c1C=O)OCCO2. The van der Waals surface area contributed by atoms with Gasteiger partial charge in [-0.15, -0.1) is 0 Å². The van der Waals surface area contributed by atoms with Crippen molar-refractivity contribution in [3.05, 3.63) is 47.3 Å². The van der Waals surface area contributed by atoms with Crippen LogP contribution in [-0.2, 0) is 0 Å². The van der Waals surface area contributed by atoms with Crippen LogP contribution in [0.2, 0.25) is 0 Å². The molecule has 0 saturated carbocycles. The largest absolute Gasteiger partial charge is 0.486 e. The zero-order valence-corrected chi connectivity index (χ0v) is 12.6. The molecule has 1 heterocycles. The highest BCUT2D eigenvalue weighted by molar-refractivity contribution is 5.94. The van der Waals surface area contributed by atoms with Gasteiger partial charge in [0.15, 0.2) is 17.8 Å². The summed E-state index contributed by atoms with van der Waals surface area (Å²) in [6.07, 6.45) is 0.840. The lowest BCUT2D eigenvalue weighted by Crippen LogP contribution is -2.17. The molecule has 22 heavy (non-hydrogen) atoms. The summed E-state index contributed by atoms with van der Waals surface area (Å²) in [7, 11) is 0. The molecule has 0 amide bonds. The summed E-state index contributed by atoms with van der Waals surface area (Å²) in [5.74, 6) is 1.04. The Balaban J connectivity index is 2.31. The summed E-state index contributed by atoms with van der Waals surface area (Å²) in [4.78, 5) is 11.7. The maximum absolute atomic E-state index is 13.2. The van der Waals surface area contributed by atoms with Crippen molar-refractivity contribution in [1.29, 1.82) is 0 Å². The van der Waals surface area contributed by atoms with E-state index in [0.717, 1.165) is 17.4 Å². The summed E-state index contributed by atoms with van der Waals surface area (Å²) in [5, 5.41) is 0. The lowest BCUT2D eigenvalue weighted by molar-refractivity contribution is 0.112. The van der Waals surface area contributed by atoms with E-state index in [-0.39, 0.29) is 11.7 Å². The molecule has 0 radical (unpaired) electrons. The van der Waals surface area contributed by atoms with Gasteiger partial charge in [0.1, 0.15) is 19.0 Å². The van der Waals surface area contributed by atoms with Gasteiger partial charge in [-0.2, -0.15) is 0 Å². The number of benzene rings is 2. The molecule has 0 saturated heterocycles. The Labute approximate surface area is 128 Å². The Kier molecular flexibility index (Phi) is 3.84. The number of carbonyl (C=O) groups is 1. The highest BCUT2D eigenvalue weighted by Gasteiger charge is 2.24. The van der Waals surface area contributed by atoms with E-state index in [4.69, 9.17) is 9.47 Å². The molecule has 3 nitrogen and oxygen atoms in total. The van der Waals surface area contributed by atoms with Crippen LogP contribution in [0.1, 0.15) is 35.7 Å². The monoisotopic (exact) mass is 300 g/mol. The van der Waals surface area contributed by atoms with E-state index in [1.54, 1.807) is 12.1 Å². The Morgan fingerprint density at radius 1 is 1.14 bits per heavy atom. The second kappa shape index (κ2) is 5.79. The van der Waals surface area contributed by atoms with Gasteiger partial charge >= 0.3 is 0 Å². The first-order valence-corrected chi connectivity index (χ1v) is 7.29. The molecular formula is C18H17FO3. The molecule has 0 atom stereocenters. The van der Waals surface area contributed by atoms with Gasteiger partial charge in [0.05, 0.1) is 0 Å². The number of aldehydes is 1. The minimum atomic E-state index is -0.317. The quantitative estimate of drug-likeness (QED) is 0.797. The van der Waals surface area contributed by atoms with Crippen molar-refractivity contribution in [2.75, 3.05) is 13.2 Å². The molecule has 1 aliphatic heterocycles. The third-order valence-electron chi connectivity index (χ3n) is 3.78. The first kappa shape index (κ1) is 14.6. The van der Waals surface area contributed by atoms with E-state index in [0.29, 0.717) is 35.8 Å². The predicted molar refractivity (Wildman–Crippen MR) is 82.3 cm³/mol. The molecule has 114 valence electrons. The zero-order valence-electron chi connectivity index (χ0n) is 12.6. The number of hydrogen-bond donors (Lipinski definition) is 0. The number of rotatable bonds is 3. The summed E-state index contributed by atoms with van der Waals surface area (Å²) in [6, 6.07) is 7.93. The third-order valence-corrected chi connectivity index (χ3v) is 3.78. The fourth-order valence-electron chi connectivity index (χ4n) is 2.73.